The average Bonchev–Trinajstić information content (AvgIpc) is 2.28. The molecule has 0 aromatic rings. The number of ketones is 1. The third kappa shape index (κ3) is 4.69. The van der Waals surface area contributed by atoms with E-state index in [9.17, 15) is 4.79 Å². The molecule has 0 aromatic heterocycles. The molecule has 3 nitrogen and oxygen atoms in total. The Bertz CT molecular complexity index is 274. The topological polar surface area (TPSA) is 29.5 Å². The van der Waals surface area contributed by atoms with Crippen LogP contribution in [0.2, 0.25) is 0 Å². The number of carbonyl (C=O) groups excluding carboxylic acids is 1. The van der Waals surface area contributed by atoms with Gasteiger partial charge in [0.1, 0.15) is 5.78 Å². The molecule has 0 aliphatic heterocycles. The molecule has 0 saturated heterocycles. The van der Waals surface area contributed by atoms with Crippen LogP contribution < -0.4 is 0 Å². The summed E-state index contributed by atoms with van der Waals surface area (Å²) in [6, 6.07) is 0.470. The van der Waals surface area contributed by atoms with Gasteiger partial charge in [0, 0.05) is 38.6 Å². The van der Waals surface area contributed by atoms with Crippen molar-refractivity contribution in [3.05, 3.63) is 0 Å². The lowest BCUT2D eigenvalue weighted by molar-refractivity contribution is -0.128. The van der Waals surface area contributed by atoms with E-state index >= 15 is 0 Å². The summed E-state index contributed by atoms with van der Waals surface area (Å²) < 4.78 is 5.15. The van der Waals surface area contributed by atoms with E-state index in [0.717, 1.165) is 39.0 Å². The van der Waals surface area contributed by atoms with E-state index in [0.29, 0.717) is 17.2 Å². The first-order valence-corrected chi connectivity index (χ1v) is 7.11. The number of methoxy groups -OCH3 is 1. The lowest BCUT2D eigenvalue weighted by Crippen LogP contribution is -2.43. The Morgan fingerprint density at radius 3 is 2.67 bits per heavy atom. The Hall–Kier alpha value is -0.410. The SMILES string of the molecule is COCCN(CC1CC(C)(C)CCC1=O)C(C)C. The van der Waals surface area contributed by atoms with Gasteiger partial charge in [-0.1, -0.05) is 13.8 Å². The molecule has 0 radical (unpaired) electrons. The molecule has 106 valence electrons. The van der Waals surface area contributed by atoms with Crippen molar-refractivity contribution in [3.63, 3.8) is 0 Å². The van der Waals surface area contributed by atoms with Gasteiger partial charge in [0.2, 0.25) is 0 Å². The van der Waals surface area contributed by atoms with Crippen LogP contribution >= 0.6 is 0 Å². The maximum absolute atomic E-state index is 12.1. The zero-order valence-corrected chi connectivity index (χ0v) is 12.7. The zero-order valence-electron chi connectivity index (χ0n) is 12.7. The predicted molar refractivity (Wildman–Crippen MR) is 74.7 cm³/mol. The molecule has 1 aliphatic rings. The highest BCUT2D eigenvalue weighted by Crippen LogP contribution is 2.37. The molecule has 0 spiro atoms. The van der Waals surface area contributed by atoms with Gasteiger partial charge >= 0.3 is 0 Å². The van der Waals surface area contributed by atoms with E-state index in [1.165, 1.54) is 0 Å². The Labute approximate surface area is 112 Å². The van der Waals surface area contributed by atoms with Crippen LogP contribution in [0.3, 0.4) is 0 Å². The van der Waals surface area contributed by atoms with Gasteiger partial charge in [0.25, 0.3) is 0 Å². The van der Waals surface area contributed by atoms with Crippen molar-refractivity contribution in [1.29, 1.82) is 0 Å². The Morgan fingerprint density at radius 2 is 2.11 bits per heavy atom. The van der Waals surface area contributed by atoms with E-state index in [2.05, 4.69) is 32.6 Å². The van der Waals surface area contributed by atoms with Crippen LogP contribution in [0.5, 0.6) is 0 Å². The summed E-state index contributed by atoms with van der Waals surface area (Å²) in [5.74, 6) is 0.672. The first kappa shape index (κ1) is 15.6. The van der Waals surface area contributed by atoms with Crippen molar-refractivity contribution in [2.75, 3.05) is 26.8 Å². The van der Waals surface area contributed by atoms with Crippen molar-refractivity contribution in [1.82, 2.24) is 4.90 Å². The minimum absolute atomic E-state index is 0.216. The number of carbonyl (C=O) groups is 1. The van der Waals surface area contributed by atoms with Gasteiger partial charge < -0.3 is 4.74 Å². The van der Waals surface area contributed by atoms with Gasteiger partial charge in [0.05, 0.1) is 6.61 Å². The monoisotopic (exact) mass is 255 g/mol. The summed E-state index contributed by atoms with van der Waals surface area (Å²) in [7, 11) is 1.73. The highest BCUT2D eigenvalue weighted by atomic mass is 16.5. The molecule has 1 atom stereocenters. The van der Waals surface area contributed by atoms with Crippen molar-refractivity contribution < 1.29 is 9.53 Å². The van der Waals surface area contributed by atoms with Crippen LogP contribution in [0.15, 0.2) is 0 Å². The lowest BCUT2D eigenvalue weighted by atomic mass is 9.71. The van der Waals surface area contributed by atoms with Crippen LogP contribution in [0.4, 0.5) is 0 Å². The average molecular weight is 255 g/mol. The molecule has 18 heavy (non-hydrogen) atoms. The Kier molecular flexibility index (Phi) is 5.80. The fourth-order valence-electron chi connectivity index (χ4n) is 2.77. The van der Waals surface area contributed by atoms with E-state index in [4.69, 9.17) is 4.74 Å². The second-order valence-electron chi connectivity index (χ2n) is 6.61. The normalized spacial score (nSPS) is 23.9. The largest absolute Gasteiger partial charge is 0.383 e. The van der Waals surface area contributed by atoms with E-state index in [-0.39, 0.29) is 5.92 Å². The summed E-state index contributed by atoms with van der Waals surface area (Å²) >= 11 is 0. The maximum Gasteiger partial charge on any atom is 0.137 e. The number of nitrogens with zero attached hydrogens (tertiary/aromatic N) is 1. The number of rotatable bonds is 6. The fraction of sp³-hybridized carbons (Fsp3) is 0.933. The zero-order chi connectivity index (χ0) is 13.8. The number of Topliss-reactive ketones (excluding diaryl/α,β-unsaturated/α-hetero) is 1. The third-order valence-electron chi connectivity index (χ3n) is 4.07. The summed E-state index contributed by atoms with van der Waals surface area (Å²) in [6.45, 7) is 11.5. The summed E-state index contributed by atoms with van der Waals surface area (Å²) in [5.41, 5.74) is 0.322. The molecule has 1 fully saturated rings. The number of hydrogen-bond donors (Lipinski definition) is 0. The van der Waals surface area contributed by atoms with Gasteiger partial charge in [0.15, 0.2) is 0 Å². The van der Waals surface area contributed by atoms with Crippen molar-refractivity contribution in [2.24, 2.45) is 11.3 Å². The summed E-state index contributed by atoms with van der Waals surface area (Å²) in [4.78, 5) is 14.4. The second-order valence-corrected chi connectivity index (χ2v) is 6.61. The first-order chi connectivity index (χ1) is 8.35. The van der Waals surface area contributed by atoms with E-state index in [1.807, 2.05) is 0 Å². The van der Waals surface area contributed by atoms with Crippen LogP contribution in [-0.4, -0.2) is 43.5 Å². The molecule has 0 heterocycles. The molecular formula is C15H29NO2. The number of hydrogen-bond acceptors (Lipinski definition) is 3. The van der Waals surface area contributed by atoms with Gasteiger partial charge in [-0.3, -0.25) is 9.69 Å². The van der Waals surface area contributed by atoms with E-state index in [1.54, 1.807) is 7.11 Å². The highest BCUT2D eigenvalue weighted by Gasteiger charge is 2.34. The summed E-state index contributed by atoms with van der Waals surface area (Å²) in [6.07, 6.45) is 2.83. The third-order valence-corrected chi connectivity index (χ3v) is 4.07. The molecule has 1 rings (SSSR count). The van der Waals surface area contributed by atoms with Crippen LogP contribution in [-0.2, 0) is 9.53 Å². The first-order valence-electron chi connectivity index (χ1n) is 7.11. The molecule has 1 saturated carbocycles. The van der Waals surface area contributed by atoms with Gasteiger partial charge in [-0.05, 0) is 32.1 Å². The van der Waals surface area contributed by atoms with E-state index < -0.39 is 0 Å². The highest BCUT2D eigenvalue weighted by molar-refractivity contribution is 5.82. The van der Waals surface area contributed by atoms with Crippen molar-refractivity contribution in [2.45, 2.75) is 53.0 Å². The maximum atomic E-state index is 12.1. The molecule has 0 N–H and O–H groups in total. The Morgan fingerprint density at radius 1 is 1.44 bits per heavy atom. The minimum atomic E-state index is 0.216. The smallest absolute Gasteiger partial charge is 0.137 e. The lowest BCUT2D eigenvalue weighted by Gasteiger charge is -2.37. The van der Waals surface area contributed by atoms with Crippen LogP contribution in [0.25, 0.3) is 0 Å². The molecule has 1 unspecified atom stereocenters. The fourth-order valence-corrected chi connectivity index (χ4v) is 2.77. The molecular weight excluding hydrogens is 226 g/mol. The Balaban J connectivity index is 2.58. The van der Waals surface area contributed by atoms with Crippen LogP contribution in [0.1, 0.15) is 47.0 Å². The standard InChI is InChI=1S/C15H29NO2/c1-12(2)16(8-9-18-5)11-13-10-15(3,4)7-6-14(13)17/h12-13H,6-11H2,1-5H3. The van der Waals surface area contributed by atoms with Gasteiger partial charge in [-0.2, -0.15) is 0 Å². The second kappa shape index (κ2) is 6.67. The summed E-state index contributed by atoms with van der Waals surface area (Å²) in [5, 5.41) is 0. The molecule has 0 aromatic carbocycles. The van der Waals surface area contributed by atoms with Gasteiger partial charge in [-0.15, -0.1) is 0 Å². The molecule has 0 bridgehead atoms. The molecule has 0 amide bonds. The predicted octanol–water partition coefficient (Wildman–Crippen LogP) is 2.74. The minimum Gasteiger partial charge on any atom is -0.383 e. The van der Waals surface area contributed by atoms with Crippen molar-refractivity contribution in [3.8, 4) is 0 Å². The van der Waals surface area contributed by atoms with Crippen LogP contribution in [0, 0.1) is 11.3 Å². The quantitative estimate of drug-likeness (QED) is 0.731. The molecule has 1 aliphatic carbocycles. The number of ether oxygens (including phenoxy) is 1. The molecule has 3 heteroatoms. The van der Waals surface area contributed by atoms with Crippen molar-refractivity contribution >= 4 is 5.78 Å². The van der Waals surface area contributed by atoms with Gasteiger partial charge in [-0.25, -0.2) is 0 Å².